The fourth-order valence-corrected chi connectivity index (χ4v) is 2.59. The molecule has 1 fully saturated rings. The summed E-state index contributed by atoms with van der Waals surface area (Å²) in [5.41, 5.74) is 6.27. The van der Waals surface area contributed by atoms with Crippen molar-refractivity contribution in [3.05, 3.63) is 0 Å². The first-order chi connectivity index (χ1) is 6.97. The molecule has 1 aliphatic carbocycles. The average molecular weight is 212 g/mol. The zero-order valence-corrected chi connectivity index (χ0v) is 10.8. The number of nitrogens with two attached hydrogens (primary N) is 1. The van der Waals surface area contributed by atoms with E-state index in [0.29, 0.717) is 23.3 Å². The van der Waals surface area contributed by atoms with Gasteiger partial charge >= 0.3 is 0 Å². The molecule has 2 heteroatoms. The van der Waals surface area contributed by atoms with E-state index in [9.17, 15) is 0 Å². The van der Waals surface area contributed by atoms with Crippen molar-refractivity contribution >= 4 is 0 Å². The molecular weight excluding hydrogens is 184 g/mol. The van der Waals surface area contributed by atoms with Gasteiger partial charge in [-0.1, -0.05) is 34.1 Å². The van der Waals surface area contributed by atoms with Crippen LogP contribution in [0.15, 0.2) is 0 Å². The summed E-state index contributed by atoms with van der Waals surface area (Å²) < 4.78 is 0. The molecule has 90 valence electrons. The Bertz CT molecular complexity index is 187. The molecule has 0 aliphatic heterocycles. The van der Waals surface area contributed by atoms with Crippen molar-refractivity contribution in [3.8, 4) is 0 Å². The van der Waals surface area contributed by atoms with Crippen molar-refractivity contribution in [1.29, 1.82) is 0 Å². The topological polar surface area (TPSA) is 38.0 Å². The third-order valence-electron chi connectivity index (χ3n) is 4.13. The van der Waals surface area contributed by atoms with E-state index in [1.807, 2.05) is 0 Å². The summed E-state index contributed by atoms with van der Waals surface area (Å²) in [6.07, 6.45) is 4.07. The van der Waals surface area contributed by atoms with E-state index in [1.165, 1.54) is 19.3 Å². The normalized spacial score (nSPS) is 27.2. The Kier molecular flexibility index (Phi) is 4.60. The molecule has 1 rings (SSSR count). The van der Waals surface area contributed by atoms with Crippen LogP contribution in [0.25, 0.3) is 0 Å². The molecule has 15 heavy (non-hydrogen) atoms. The maximum atomic E-state index is 5.79. The van der Waals surface area contributed by atoms with Gasteiger partial charge in [-0.2, -0.15) is 0 Å². The second-order valence-electron chi connectivity index (χ2n) is 6.08. The molecule has 0 aromatic rings. The molecule has 0 heterocycles. The van der Waals surface area contributed by atoms with Crippen LogP contribution in [0, 0.1) is 17.3 Å². The highest BCUT2D eigenvalue weighted by atomic mass is 14.9. The van der Waals surface area contributed by atoms with Gasteiger partial charge in [0.15, 0.2) is 0 Å². The maximum Gasteiger partial charge on any atom is 0.0118 e. The second kappa shape index (κ2) is 5.31. The molecule has 2 unspecified atom stereocenters. The number of nitrogens with one attached hydrogen (secondary N) is 1. The van der Waals surface area contributed by atoms with Gasteiger partial charge in [0.1, 0.15) is 0 Å². The lowest BCUT2D eigenvalue weighted by atomic mass is 9.86. The van der Waals surface area contributed by atoms with Crippen molar-refractivity contribution in [2.24, 2.45) is 23.0 Å². The van der Waals surface area contributed by atoms with Crippen LogP contribution in [0.3, 0.4) is 0 Å². The summed E-state index contributed by atoms with van der Waals surface area (Å²) in [5.74, 6) is 1.31. The number of hydrogen-bond donors (Lipinski definition) is 2. The molecule has 0 amide bonds. The average Bonchev–Trinajstić information content (AvgIpc) is 2.46. The van der Waals surface area contributed by atoms with E-state index in [2.05, 4.69) is 33.0 Å². The quantitative estimate of drug-likeness (QED) is 0.734. The fourth-order valence-electron chi connectivity index (χ4n) is 2.59. The molecule has 0 saturated heterocycles. The van der Waals surface area contributed by atoms with E-state index < -0.39 is 0 Å². The third-order valence-corrected chi connectivity index (χ3v) is 4.13. The largest absolute Gasteiger partial charge is 0.330 e. The van der Waals surface area contributed by atoms with Gasteiger partial charge in [-0.05, 0) is 43.2 Å². The Labute approximate surface area is 95.0 Å². The SMILES string of the molecule is CC(C)C(CN)CNC1CCCC1(C)C. The molecule has 3 N–H and O–H groups in total. The predicted octanol–water partition coefficient (Wildman–Crippen LogP) is 2.39. The van der Waals surface area contributed by atoms with Gasteiger partial charge in [0.25, 0.3) is 0 Å². The number of hydrogen-bond acceptors (Lipinski definition) is 2. The minimum atomic E-state index is 0.482. The van der Waals surface area contributed by atoms with Crippen molar-refractivity contribution in [3.63, 3.8) is 0 Å². The Morgan fingerprint density at radius 3 is 2.47 bits per heavy atom. The van der Waals surface area contributed by atoms with Gasteiger partial charge in [-0.3, -0.25) is 0 Å². The Morgan fingerprint density at radius 1 is 1.40 bits per heavy atom. The molecule has 0 radical (unpaired) electrons. The van der Waals surface area contributed by atoms with E-state index in [0.717, 1.165) is 13.1 Å². The van der Waals surface area contributed by atoms with Gasteiger partial charge in [0, 0.05) is 6.04 Å². The van der Waals surface area contributed by atoms with Gasteiger partial charge in [0.2, 0.25) is 0 Å². The Hall–Kier alpha value is -0.0800. The Morgan fingerprint density at radius 2 is 2.07 bits per heavy atom. The summed E-state index contributed by atoms with van der Waals surface area (Å²) in [7, 11) is 0. The highest BCUT2D eigenvalue weighted by molar-refractivity contribution is 4.90. The zero-order chi connectivity index (χ0) is 11.5. The van der Waals surface area contributed by atoms with Crippen molar-refractivity contribution < 1.29 is 0 Å². The maximum absolute atomic E-state index is 5.79. The van der Waals surface area contributed by atoms with Crippen LogP contribution in [-0.4, -0.2) is 19.1 Å². The highest BCUT2D eigenvalue weighted by Gasteiger charge is 2.34. The molecule has 2 nitrogen and oxygen atoms in total. The van der Waals surface area contributed by atoms with Gasteiger partial charge in [-0.25, -0.2) is 0 Å². The lowest BCUT2D eigenvalue weighted by Crippen LogP contribution is -2.42. The van der Waals surface area contributed by atoms with Crippen molar-refractivity contribution in [1.82, 2.24) is 5.32 Å². The summed E-state index contributed by atoms with van der Waals surface area (Å²) in [6, 6.07) is 0.699. The van der Waals surface area contributed by atoms with Gasteiger partial charge in [-0.15, -0.1) is 0 Å². The minimum absolute atomic E-state index is 0.482. The van der Waals surface area contributed by atoms with E-state index >= 15 is 0 Å². The second-order valence-corrected chi connectivity index (χ2v) is 6.08. The third kappa shape index (κ3) is 3.46. The van der Waals surface area contributed by atoms with Crippen molar-refractivity contribution in [2.45, 2.75) is 53.0 Å². The summed E-state index contributed by atoms with van der Waals surface area (Å²) in [6.45, 7) is 11.2. The van der Waals surface area contributed by atoms with E-state index in [-0.39, 0.29) is 0 Å². The molecule has 1 aliphatic rings. The van der Waals surface area contributed by atoms with Crippen LogP contribution in [-0.2, 0) is 0 Å². The summed E-state index contributed by atoms with van der Waals surface area (Å²) in [4.78, 5) is 0. The van der Waals surface area contributed by atoms with Crippen LogP contribution >= 0.6 is 0 Å². The Balaban J connectivity index is 2.36. The molecular formula is C13H28N2. The molecule has 2 atom stereocenters. The molecule has 0 bridgehead atoms. The van der Waals surface area contributed by atoms with Crippen LogP contribution in [0.5, 0.6) is 0 Å². The standard InChI is InChI=1S/C13H28N2/c1-10(2)11(8-14)9-15-12-6-5-7-13(12,3)4/h10-12,15H,5-9,14H2,1-4H3. The first-order valence-corrected chi connectivity index (χ1v) is 6.41. The van der Waals surface area contributed by atoms with E-state index in [4.69, 9.17) is 5.73 Å². The first-order valence-electron chi connectivity index (χ1n) is 6.41. The minimum Gasteiger partial charge on any atom is -0.330 e. The molecule has 0 aromatic heterocycles. The zero-order valence-electron chi connectivity index (χ0n) is 10.8. The first kappa shape index (κ1) is 13.0. The molecule has 1 saturated carbocycles. The summed E-state index contributed by atoms with van der Waals surface area (Å²) in [5, 5.41) is 3.72. The van der Waals surface area contributed by atoms with Crippen molar-refractivity contribution in [2.75, 3.05) is 13.1 Å². The smallest absolute Gasteiger partial charge is 0.0118 e. The van der Waals surface area contributed by atoms with Crippen LogP contribution in [0.2, 0.25) is 0 Å². The van der Waals surface area contributed by atoms with Gasteiger partial charge < -0.3 is 11.1 Å². The number of rotatable bonds is 5. The van der Waals surface area contributed by atoms with E-state index in [1.54, 1.807) is 0 Å². The predicted molar refractivity (Wildman–Crippen MR) is 66.8 cm³/mol. The van der Waals surface area contributed by atoms with Crippen LogP contribution in [0.1, 0.15) is 47.0 Å². The monoisotopic (exact) mass is 212 g/mol. The van der Waals surface area contributed by atoms with Crippen LogP contribution < -0.4 is 11.1 Å². The highest BCUT2D eigenvalue weighted by Crippen LogP contribution is 2.37. The van der Waals surface area contributed by atoms with Gasteiger partial charge in [0.05, 0.1) is 0 Å². The molecule has 0 aromatic carbocycles. The van der Waals surface area contributed by atoms with Crippen LogP contribution in [0.4, 0.5) is 0 Å². The summed E-state index contributed by atoms with van der Waals surface area (Å²) >= 11 is 0. The molecule has 0 spiro atoms. The lowest BCUT2D eigenvalue weighted by Gasteiger charge is -2.30. The fraction of sp³-hybridized carbons (Fsp3) is 1.00. The lowest BCUT2D eigenvalue weighted by molar-refractivity contribution is 0.257.